The van der Waals surface area contributed by atoms with Crippen molar-refractivity contribution >= 4 is 28.9 Å². The minimum Gasteiger partial charge on any atom is -0.492 e. The van der Waals surface area contributed by atoms with Crippen LogP contribution in [0.15, 0.2) is 103 Å². The summed E-state index contributed by atoms with van der Waals surface area (Å²) in [5.41, 5.74) is 4.11. The fraction of sp³-hybridized carbons (Fsp3) is 0.250. The summed E-state index contributed by atoms with van der Waals surface area (Å²) in [6.07, 6.45) is 3.43. The van der Waals surface area contributed by atoms with Gasteiger partial charge >= 0.3 is 5.97 Å². The zero-order chi connectivity index (χ0) is 30.0. The molecule has 0 radical (unpaired) electrons. The second kappa shape index (κ2) is 14.3. The minimum atomic E-state index is -0.701. The van der Waals surface area contributed by atoms with Crippen LogP contribution in [0.25, 0.3) is 0 Å². The van der Waals surface area contributed by atoms with E-state index in [1.54, 1.807) is 30.3 Å². The number of anilines is 2. The van der Waals surface area contributed by atoms with E-state index in [0.29, 0.717) is 42.1 Å². The molecule has 0 spiro atoms. The van der Waals surface area contributed by atoms with Crippen molar-refractivity contribution in [2.24, 2.45) is 5.92 Å². The summed E-state index contributed by atoms with van der Waals surface area (Å²) in [7, 11) is 1.35. The molecular weight excluding hydrogens is 540 g/mol. The van der Waals surface area contributed by atoms with Gasteiger partial charge in [-0.25, -0.2) is 4.79 Å². The Balaban J connectivity index is 1.17. The molecule has 4 aromatic rings. The van der Waals surface area contributed by atoms with E-state index in [4.69, 9.17) is 9.47 Å². The standard InChI is InChI=1S/C36H36N2O5/c1-42-36(41)33(38-32-17-8-6-15-30(32)35(40)26-10-3-2-4-11-26)24-25-18-20-28(21-19-25)43-23-22-37-31-16-7-5-14-29(31)34(39)27-12-9-13-27/h2-8,10-11,14-21,27,33,37-38H,9,12-13,22-24H2,1H3. The number of carbonyl (C=O) groups excluding carboxylic acids is 3. The summed E-state index contributed by atoms with van der Waals surface area (Å²) in [5.74, 6) is 0.516. The third-order valence-electron chi connectivity index (χ3n) is 7.74. The number of ether oxygens (including phenoxy) is 2. The van der Waals surface area contributed by atoms with Gasteiger partial charge in [-0.3, -0.25) is 9.59 Å². The average molecular weight is 577 g/mol. The number of hydrogen-bond donors (Lipinski definition) is 2. The highest BCUT2D eigenvalue weighted by Crippen LogP contribution is 2.32. The van der Waals surface area contributed by atoms with E-state index in [2.05, 4.69) is 10.6 Å². The maximum atomic E-state index is 13.2. The maximum absolute atomic E-state index is 13.2. The summed E-state index contributed by atoms with van der Waals surface area (Å²) in [4.78, 5) is 38.7. The molecule has 1 fully saturated rings. The van der Waals surface area contributed by atoms with Gasteiger partial charge in [-0.05, 0) is 54.8 Å². The van der Waals surface area contributed by atoms with Crippen LogP contribution in [0.5, 0.6) is 5.75 Å². The van der Waals surface area contributed by atoms with Gasteiger partial charge in [0.25, 0.3) is 0 Å². The Morgan fingerprint density at radius 2 is 1.44 bits per heavy atom. The van der Waals surface area contributed by atoms with Crippen molar-refractivity contribution in [3.05, 3.63) is 125 Å². The number of benzene rings is 4. The number of esters is 1. The first-order valence-corrected chi connectivity index (χ1v) is 14.7. The molecule has 7 heteroatoms. The second-order valence-corrected chi connectivity index (χ2v) is 10.6. The Morgan fingerprint density at radius 3 is 2.12 bits per heavy atom. The predicted molar refractivity (Wildman–Crippen MR) is 168 cm³/mol. The van der Waals surface area contributed by atoms with Gasteiger partial charge in [0.1, 0.15) is 18.4 Å². The zero-order valence-corrected chi connectivity index (χ0v) is 24.3. The third kappa shape index (κ3) is 7.49. The summed E-state index contributed by atoms with van der Waals surface area (Å²) < 4.78 is 11.0. The van der Waals surface area contributed by atoms with E-state index in [0.717, 1.165) is 36.1 Å². The molecule has 220 valence electrons. The molecule has 0 aliphatic heterocycles. The highest BCUT2D eigenvalue weighted by molar-refractivity contribution is 6.12. The fourth-order valence-corrected chi connectivity index (χ4v) is 5.13. The lowest BCUT2D eigenvalue weighted by molar-refractivity contribution is -0.141. The van der Waals surface area contributed by atoms with Crippen LogP contribution in [0.2, 0.25) is 0 Å². The number of ketones is 2. The van der Waals surface area contributed by atoms with Gasteiger partial charge in [-0.2, -0.15) is 0 Å². The van der Waals surface area contributed by atoms with E-state index < -0.39 is 12.0 Å². The van der Waals surface area contributed by atoms with Crippen LogP contribution in [0.3, 0.4) is 0 Å². The lowest BCUT2D eigenvalue weighted by Gasteiger charge is -2.25. The minimum absolute atomic E-state index is 0.128. The molecular formula is C36H36N2O5. The number of hydrogen-bond acceptors (Lipinski definition) is 7. The summed E-state index contributed by atoms with van der Waals surface area (Å²) in [5, 5.41) is 6.58. The molecule has 1 aliphatic carbocycles. The highest BCUT2D eigenvalue weighted by Gasteiger charge is 2.27. The van der Waals surface area contributed by atoms with E-state index >= 15 is 0 Å². The van der Waals surface area contributed by atoms with Gasteiger partial charge < -0.3 is 20.1 Å². The van der Waals surface area contributed by atoms with E-state index in [1.165, 1.54) is 7.11 Å². The smallest absolute Gasteiger partial charge is 0.328 e. The van der Waals surface area contributed by atoms with Gasteiger partial charge in [-0.15, -0.1) is 0 Å². The number of carbonyl (C=O) groups is 3. The largest absolute Gasteiger partial charge is 0.492 e. The highest BCUT2D eigenvalue weighted by atomic mass is 16.5. The molecule has 0 bridgehead atoms. The van der Waals surface area contributed by atoms with Crippen molar-refractivity contribution in [1.29, 1.82) is 0 Å². The molecule has 1 unspecified atom stereocenters. The van der Waals surface area contributed by atoms with Crippen LogP contribution in [0.1, 0.15) is 51.1 Å². The van der Waals surface area contributed by atoms with E-state index in [-0.39, 0.29) is 17.5 Å². The number of rotatable bonds is 14. The molecule has 0 amide bonds. The normalized spacial score (nSPS) is 13.3. The first kappa shape index (κ1) is 29.6. The average Bonchev–Trinajstić information content (AvgIpc) is 3.02. The lowest BCUT2D eigenvalue weighted by atomic mass is 9.79. The van der Waals surface area contributed by atoms with E-state index in [1.807, 2.05) is 72.8 Å². The molecule has 0 aromatic heterocycles. The van der Waals surface area contributed by atoms with Gasteiger partial charge in [0.05, 0.1) is 7.11 Å². The van der Waals surface area contributed by atoms with Crippen LogP contribution < -0.4 is 15.4 Å². The van der Waals surface area contributed by atoms with Crippen molar-refractivity contribution in [3.63, 3.8) is 0 Å². The first-order chi connectivity index (χ1) is 21.0. The number of methoxy groups -OCH3 is 1. The van der Waals surface area contributed by atoms with Crippen molar-refractivity contribution in [3.8, 4) is 5.75 Å². The first-order valence-electron chi connectivity index (χ1n) is 14.7. The van der Waals surface area contributed by atoms with Crippen LogP contribution in [-0.2, 0) is 16.0 Å². The van der Waals surface area contributed by atoms with Crippen LogP contribution >= 0.6 is 0 Å². The second-order valence-electron chi connectivity index (χ2n) is 10.6. The molecule has 43 heavy (non-hydrogen) atoms. The topological polar surface area (TPSA) is 93.7 Å². The Hall–Kier alpha value is -4.91. The monoisotopic (exact) mass is 576 g/mol. The number of Topliss-reactive ketones (excluding diaryl/α,β-unsaturated/α-hetero) is 1. The summed E-state index contributed by atoms with van der Waals surface area (Å²) in [6, 6.07) is 30.7. The molecule has 0 heterocycles. The Bertz CT molecular complexity index is 1550. The maximum Gasteiger partial charge on any atom is 0.328 e. The Labute approximate surface area is 252 Å². The van der Waals surface area contributed by atoms with E-state index in [9.17, 15) is 14.4 Å². The third-order valence-corrected chi connectivity index (χ3v) is 7.74. The van der Waals surface area contributed by atoms with Gasteiger partial charge in [-0.1, -0.05) is 73.2 Å². The van der Waals surface area contributed by atoms with Crippen molar-refractivity contribution in [2.45, 2.75) is 31.7 Å². The van der Waals surface area contributed by atoms with Crippen molar-refractivity contribution in [2.75, 3.05) is 30.9 Å². The molecule has 1 atom stereocenters. The van der Waals surface area contributed by atoms with Gasteiger partial charge in [0.2, 0.25) is 0 Å². The quantitative estimate of drug-likeness (QED) is 0.0994. The van der Waals surface area contributed by atoms with Crippen LogP contribution in [0.4, 0.5) is 11.4 Å². The van der Waals surface area contributed by atoms with Crippen molar-refractivity contribution in [1.82, 2.24) is 0 Å². The molecule has 1 aliphatic rings. The zero-order valence-electron chi connectivity index (χ0n) is 24.3. The van der Waals surface area contributed by atoms with Crippen molar-refractivity contribution < 1.29 is 23.9 Å². The van der Waals surface area contributed by atoms with Gasteiger partial charge in [0.15, 0.2) is 11.6 Å². The summed E-state index contributed by atoms with van der Waals surface area (Å²) in [6.45, 7) is 0.968. The molecule has 4 aromatic carbocycles. The molecule has 7 nitrogen and oxygen atoms in total. The fourth-order valence-electron chi connectivity index (χ4n) is 5.13. The van der Waals surface area contributed by atoms with Gasteiger partial charge in [0, 0.05) is 46.9 Å². The Kier molecular flexibility index (Phi) is 9.85. The SMILES string of the molecule is COC(=O)C(Cc1ccc(OCCNc2ccccc2C(=O)C2CCC2)cc1)Nc1ccccc1C(=O)c1ccccc1. The van der Waals surface area contributed by atoms with Crippen LogP contribution in [-0.4, -0.2) is 43.8 Å². The molecule has 0 saturated heterocycles. The Morgan fingerprint density at radius 1 is 0.791 bits per heavy atom. The molecule has 5 rings (SSSR count). The molecule has 1 saturated carbocycles. The number of nitrogens with one attached hydrogen (secondary N) is 2. The lowest BCUT2D eigenvalue weighted by Crippen LogP contribution is -2.33. The summed E-state index contributed by atoms with van der Waals surface area (Å²) >= 11 is 0. The molecule has 2 N–H and O–H groups in total. The van der Waals surface area contributed by atoms with Crippen LogP contribution in [0, 0.1) is 5.92 Å². The number of para-hydroxylation sites is 2. The predicted octanol–water partition coefficient (Wildman–Crippen LogP) is 6.59.